The van der Waals surface area contributed by atoms with Gasteiger partial charge in [-0.1, -0.05) is 25.4 Å². The van der Waals surface area contributed by atoms with Crippen molar-refractivity contribution in [2.45, 2.75) is 45.3 Å². The molecular formula is C16H26ClNO3. The molecule has 0 aliphatic rings. The van der Waals surface area contributed by atoms with Crippen molar-refractivity contribution >= 4 is 11.6 Å². The number of hydrogen-bond donors (Lipinski definition) is 3. The maximum atomic E-state index is 9.99. The molecule has 1 rings (SSSR count). The van der Waals surface area contributed by atoms with Gasteiger partial charge in [0, 0.05) is 17.1 Å². The van der Waals surface area contributed by atoms with E-state index < -0.39 is 6.10 Å². The van der Waals surface area contributed by atoms with Crippen LogP contribution in [0.1, 0.15) is 32.3 Å². The highest BCUT2D eigenvalue weighted by Crippen LogP contribution is 2.21. The Labute approximate surface area is 132 Å². The average Bonchev–Trinajstić information content (AvgIpc) is 2.50. The molecule has 3 N–H and O–H groups in total. The second-order valence-electron chi connectivity index (χ2n) is 5.40. The molecule has 5 heteroatoms. The van der Waals surface area contributed by atoms with E-state index in [0.29, 0.717) is 17.3 Å². The Kier molecular flexibility index (Phi) is 7.46. The molecule has 0 heterocycles. The monoisotopic (exact) mass is 315 g/mol. The van der Waals surface area contributed by atoms with Gasteiger partial charge in [-0.15, -0.1) is 0 Å². The molecule has 0 aliphatic heterocycles. The number of halogens is 1. The summed E-state index contributed by atoms with van der Waals surface area (Å²) >= 11 is 5.95. The third kappa shape index (κ3) is 5.47. The Morgan fingerprint density at radius 1 is 1.33 bits per heavy atom. The molecule has 0 saturated heterocycles. The van der Waals surface area contributed by atoms with Crippen LogP contribution in [0.5, 0.6) is 5.75 Å². The number of aliphatic hydroxyl groups is 2. The van der Waals surface area contributed by atoms with Gasteiger partial charge in [0.15, 0.2) is 0 Å². The molecule has 1 aromatic carbocycles. The van der Waals surface area contributed by atoms with E-state index in [0.717, 1.165) is 18.4 Å². The molecule has 0 spiro atoms. The van der Waals surface area contributed by atoms with Gasteiger partial charge in [0.05, 0.1) is 6.61 Å². The molecule has 0 radical (unpaired) electrons. The number of ether oxygens (including phenoxy) is 1. The minimum Gasteiger partial charge on any atom is -0.491 e. The Morgan fingerprint density at radius 3 is 2.52 bits per heavy atom. The van der Waals surface area contributed by atoms with Crippen LogP contribution in [-0.4, -0.2) is 41.6 Å². The summed E-state index contributed by atoms with van der Waals surface area (Å²) in [5, 5.41) is 23.4. The van der Waals surface area contributed by atoms with Crippen molar-refractivity contribution < 1.29 is 14.9 Å². The predicted molar refractivity (Wildman–Crippen MR) is 86.1 cm³/mol. The fraction of sp³-hybridized carbons (Fsp3) is 0.625. The minimum atomic E-state index is -0.634. The molecule has 120 valence electrons. The fourth-order valence-corrected chi connectivity index (χ4v) is 2.19. The first-order valence-electron chi connectivity index (χ1n) is 7.39. The Morgan fingerprint density at radius 2 is 2.00 bits per heavy atom. The van der Waals surface area contributed by atoms with E-state index in [1.807, 2.05) is 26.8 Å². The van der Waals surface area contributed by atoms with Crippen molar-refractivity contribution in [2.75, 3.05) is 19.8 Å². The van der Waals surface area contributed by atoms with Gasteiger partial charge in [0.25, 0.3) is 0 Å². The van der Waals surface area contributed by atoms with E-state index in [9.17, 15) is 10.2 Å². The topological polar surface area (TPSA) is 61.7 Å². The normalized spacial score (nSPS) is 13.2. The molecule has 21 heavy (non-hydrogen) atoms. The predicted octanol–water partition coefficient (Wildman–Crippen LogP) is 2.53. The van der Waals surface area contributed by atoms with Gasteiger partial charge in [-0.25, -0.2) is 0 Å². The largest absolute Gasteiger partial charge is 0.491 e. The number of β-amino-alcohol motifs (C(OH)–C–C–N with tert-alkyl or cyclic N) is 1. The second-order valence-corrected chi connectivity index (χ2v) is 5.81. The molecule has 1 unspecified atom stereocenters. The summed E-state index contributed by atoms with van der Waals surface area (Å²) in [6, 6.07) is 5.41. The summed E-state index contributed by atoms with van der Waals surface area (Å²) in [4.78, 5) is 0. The van der Waals surface area contributed by atoms with Crippen LogP contribution in [0, 0.1) is 6.92 Å². The third-order valence-corrected chi connectivity index (χ3v) is 4.36. The van der Waals surface area contributed by atoms with E-state index in [1.165, 1.54) is 0 Å². The van der Waals surface area contributed by atoms with Gasteiger partial charge in [-0.05, 0) is 43.5 Å². The van der Waals surface area contributed by atoms with E-state index in [4.69, 9.17) is 16.3 Å². The lowest BCUT2D eigenvalue weighted by Crippen LogP contribution is -2.50. The van der Waals surface area contributed by atoms with Crippen LogP contribution in [-0.2, 0) is 0 Å². The third-order valence-electron chi connectivity index (χ3n) is 3.94. The summed E-state index contributed by atoms with van der Waals surface area (Å²) in [5.74, 6) is 0.690. The van der Waals surface area contributed by atoms with E-state index in [1.54, 1.807) is 12.1 Å². The summed E-state index contributed by atoms with van der Waals surface area (Å²) in [7, 11) is 0. The van der Waals surface area contributed by atoms with Crippen LogP contribution in [0.2, 0.25) is 5.02 Å². The highest BCUT2D eigenvalue weighted by atomic mass is 35.5. The van der Waals surface area contributed by atoms with Crippen molar-refractivity contribution in [1.29, 1.82) is 0 Å². The quantitative estimate of drug-likeness (QED) is 0.655. The number of benzene rings is 1. The van der Waals surface area contributed by atoms with E-state index in [-0.39, 0.29) is 18.8 Å². The molecule has 1 atom stereocenters. The molecule has 1 aromatic rings. The van der Waals surface area contributed by atoms with Gasteiger partial charge in [0.1, 0.15) is 18.5 Å². The van der Waals surface area contributed by atoms with Crippen LogP contribution < -0.4 is 10.1 Å². The highest BCUT2D eigenvalue weighted by molar-refractivity contribution is 6.31. The van der Waals surface area contributed by atoms with Crippen LogP contribution in [0.4, 0.5) is 0 Å². The van der Waals surface area contributed by atoms with E-state index in [2.05, 4.69) is 5.32 Å². The van der Waals surface area contributed by atoms with Gasteiger partial charge in [-0.3, -0.25) is 0 Å². The van der Waals surface area contributed by atoms with Crippen LogP contribution in [0.3, 0.4) is 0 Å². The number of nitrogens with one attached hydrogen (secondary N) is 1. The minimum absolute atomic E-state index is 0.0595. The van der Waals surface area contributed by atoms with Crippen molar-refractivity contribution in [3.05, 3.63) is 28.8 Å². The number of aryl methyl sites for hydroxylation is 1. The average molecular weight is 316 g/mol. The van der Waals surface area contributed by atoms with Crippen molar-refractivity contribution in [3.63, 3.8) is 0 Å². The van der Waals surface area contributed by atoms with Crippen LogP contribution in [0.25, 0.3) is 0 Å². The lowest BCUT2D eigenvalue weighted by atomic mass is 9.94. The summed E-state index contributed by atoms with van der Waals surface area (Å²) in [5.41, 5.74) is 0.621. The van der Waals surface area contributed by atoms with E-state index >= 15 is 0 Å². The zero-order valence-corrected chi connectivity index (χ0v) is 13.8. The van der Waals surface area contributed by atoms with Gasteiger partial charge >= 0.3 is 0 Å². The molecular weight excluding hydrogens is 290 g/mol. The Hall–Kier alpha value is -0.810. The molecule has 0 saturated carbocycles. The van der Waals surface area contributed by atoms with Gasteiger partial charge < -0.3 is 20.3 Å². The van der Waals surface area contributed by atoms with Crippen molar-refractivity contribution in [1.82, 2.24) is 5.32 Å². The van der Waals surface area contributed by atoms with Gasteiger partial charge in [-0.2, -0.15) is 0 Å². The Bertz CT molecular complexity index is 427. The maximum absolute atomic E-state index is 9.99. The summed E-state index contributed by atoms with van der Waals surface area (Å²) < 4.78 is 5.56. The van der Waals surface area contributed by atoms with Gasteiger partial charge in [0.2, 0.25) is 0 Å². The molecule has 0 amide bonds. The first-order valence-corrected chi connectivity index (χ1v) is 7.77. The first kappa shape index (κ1) is 18.2. The molecule has 4 nitrogen and oxygen atoms in total. The van der Waals surface area contributed by atoms with Crippen molar-refractivity contribution in [2.24, 2.45) is 0 Å². The number of aliphatic hydroxyl groups excluding tert-OH is 2. The zero-order chi connectivity index (χ0) is 15.9. The second kappa shape index (κ2) is 8.59. The SMILES string of the molecule is CCC(CC)(CO)NCC(O)COc1ccc(Cl)c(C)c1. The molecule has 0 aromatic heterocycles. The lowest BCUT2D eigenvalue weighted by molar-refractivity contribution is 0.0812. The number of rotatable bonds is 9. The smallest absolute Gasteiger partial charge is 0.119 e. The molecule has 0 fully saturated rings. The molecule has 0 bridgehead atoms. The zero-order valence-electron chi connectivity index (χ0n) is 13.0. The van der Waals surface area contributed by atoms with Crippen LogP contribution in [0.15, 0.2) is 18.2 Å². The maximum Gasteiger partial charge on any atom is 0.119 e. The standard InChI is InChI=1S/C16H26ClNO3/c1-4-16(5-2,11-19)18-9-13(20)10-21-14-6-7-15(17)12(3)8-14/h6-8,13,18-20H,4-5,9-11H2,1-3H3. The van der Waals surface area contributed by atoms with Crippen LogP contribution >= 0.6 is 11.6 Å². The fourth-order valence-electron chi connectivity index (χ4n) is 2.07. The Balaban J connectivity index is 2.43. The first-order chi connectivity index (χ1) is 9.96. The highest BCUT2D eigenvalue weighted by Gasteiger charge is 2.25. The number of hydrogen-bond acceptors (Lipinski definition) is 4. The lowest BCUT2D eigenvalue weighted by Gasteiger charge is -2.32. The molecule has 0 aliphatic carbocycles. The van der Waals surface area contributed by atoms with Crippen molar-refractivity contribution in [3.8, 4) is 5.75 Å². The summed E-state index contributed by atoms with van der Waals surface area (Å²) in [6.45, 7) is 6.59. The summed E-state index contributed by atoms with van der Waals surface area (Å²) in [6.07, 6.45) is 0.985.